The molecule has 3 atom stereocenters. The monoisotopic (exact) mass is 251 g/mol. The standard InChI is InChI=1S/C16H29NO/c1-13-11-15-12-14(15)9-7-5-3-2-4-6-8-10-16(18)17-13/h13-15H,2-12H2,1H3,(H,17,18). The first-order chi connectivity index (χ1) is 8.75. The Labute approximate surface area is 112 Å². The van der Waals surface area contributed by atoms with Gasteiger partial charge in [0.05, 0.1) is 0 Å². The third-order valence-electron chi connectivity index (χ3n) is 4.61. The lowest BCUT2D eigenvalue weighted by molar-refractivity contribution is -0.121. The van der Waals surface area contributed by atoms with Crippen LogP contribution in [-0.2, 0) is 4.79 Å². The van der Waals surface area contributed by atoms with Crippen molar-refractivity contribution in [1.29, 1.82) is 0 Å². The fourth-order valence-corrected chi connectivity index (χ4v) is 3.39. The van der Waals surface area contributed by atoms with Crippen molar-refractivity contribution in [3.63, 3.8) is 0 Å². The molecule has 2 fully saturated rings. The highest BCUT2D eigenvalue weighted by molar-refractivity contribution is 5.76. The van der Waals surface area contributed by atoms with E-state index in [9.17, 15) is 4.79 Å². The molecule has 1 N–H and O–H groups in total. The predicted molar refractivity (Wildman–Crippen MR) is 75.4 cm³/mol. The first-order valence-electron chi connectivity index (χ1n) is 8.05. The van der Waals surface area contributed by atoms with E-state index in [-0.39, 0.29) is 5.91 Å². The molecule has 3 unspecified atom stereocenters. The van der Waals surface area contributed by atoms with Crippen LogP contribution in [0.25, 0.3) is 0 Å². The lowest BCUT2D eigenvalue weighted by atomic mass is 10.0. The van der Waals surface area contributed by atoms with E-state index in [0.29, 0.717) is 6.04 Å². The highest BCUT2D eigenvalue weighted by Gasteiger charge is 2.36. The Morgan fingerprint density at radius 1 is 0.889 bits per heavy atom. The fourth-order valence-electron chi connectivity index (χ4n) is 3.39. The van der Waals surface area contributed by atoms with Crippen LogP contribution >= 0.6 is 0 Å². The van der Waals surface area contributed by atoms with Crippen molar-refractivity contribution in [3.05, 3.63) is 0 Å². The Balaban J connectivity index is 1.74. The lowest BCUT2D eigenvalue weighted by Crippen LogP contribution is -2.32. The fraction of sp³-hybridized carbons (Fsp3) is 0.938. The molecule has 0 bridgehead atoms. The topological polar surface area (TPSA) is 29.1 Å². The molecule has 1 heterocycles. The second-order valence-corrected chi connectivity index (χ2v) is 6.47. The summed E-state index contributed by atoms with van der Waals surface area (Å²) in [5, 5.41) is 3.17. The summed E-state index contributed by atoms with van der Waals surface area (Å²) in [4.78, 5) is 11.7. The van der Waals surface area contributed by atoms with Gasteiger partial charge in [-0.2, -0.15) is 0 Å². The van der Waals surface area contributed by atoms with Crippen molar-refractivity contribution < 1.29 is 4.79 Å². The van der Waals surface area contributed by atoms with Crippen LogP contribution in [0.4, 0.5) is 0 Å². The van der Waals surface area contributed by atoms with Gasteiger partial charge in [0.2, 0.25) is 5.91 Å². The smallest absolute Gasteiger partial charge is 0.220 e. The van der Waals surface area contributed by atoms with E-state index in [1.54, 1.807) is 0 Å². The quantitative estimate of drug-likeness (QED) is 0.691. The Bertz CT molecular complexity index is 264. The Hall–Kier alpha value is -0.530. The highest BCUT2D eigenvalue weighted by Crippen LogP contribution is 2.45. The van der Waals surface area contributed by atoms with Gasteiger partial charge in [-0.1, -0.05) is 44.9 Å². The minimum absolute atomic E-state index is 0.273. The van der Waals surface area contributed by atoms with Gasteiger partial charge in [-0.05, 0) is 38.0 Å². The lowest BCUT2D eigenvalue weighted by Gasteiger charge is -2.13. The average Bonchev–Trinajstić information content (AvgIpc) is 3.03. The van der Waals surface area contributed by atoms with E-state index in [1.807, 2.05) is 0 Å². The van der Waals surface area contributed by atoms with Crippen LogP contribution in [0, 0.1) is 11.8 Å². The van der Waals surface area contributed by atoms with Crippen molar-refractivity contribution >= 4 is 5.91 Å². The zero-order valence-electron chi connectivity index (χ0n) is 11.9. The summed E-state index contributed by atoms with van der Waals surface area (Å²) in [6.45, 7) is 2.17. The van der Waals surface area contributed by atoms with Crippen molar-refractivity contribution in [2.75, 3.05) is 0 Å². The van der Waals surface area contributed by atoms with E-state index >= 15 is 0 Å². The Morgan fingerprint density at radius 2 is 1.56 bits per heavy atom. The number of carbonyl (C=O) groups excluding carboxylic acids is 1. The number of hydrogen-bond acceptors (Lipinski definition) is 1. The van der Waals surface area contributed by atoms with Crippen molar-refractivity contribution in [2.45, 2.75) is 83.6 Å². The van der Waals surface area contributed by atoms with E-state index in [1.165, 1.54) is 57.8 Å². The van der Waals surface area contributed by atoms with Gasteiger partial charge in [0, 0.05) is 12.5 Å². The van der Waals surface area contributed by atoms with Crippen molar-refractivity contribution in [2.24, 2.45) is 11.8 Å². The third kappa shape index (κ3) is 4.99. The van der Waals surface area contributed by atoms with Crippen LogP contribution in [0.5, 0.6) is 0 Å². The highest BCUT2D eigenvalue weighted by atomic mass is 16.1. The maximum Gasteiger partial charge on any atom is 0.220 e. The normalized spacial score (nSPS) is 35.8. The van der Waals surface area contributed by atoms with Gasteiger partial charge in [0.1, 0.15) is 0 Å². The number of amides is 1. The number of nitrogens with one attached hydrogen (secondary N) is 1. The number of hydrogen-bond donors (Lipinski definition) is 1. The minimum Gasteiger partial charge on any atom is -0.354 e. The molecule has 0 aromatic carbocycles. The molecule has 1 aliphatic heterocycles. The van der Waals surface area contributed by atoms with Gasteiger partial charge >= 0.3 is 0 Å². The second-order valence-electron chi connectivity index (χ2n) is 6.47. The summed E-state index contributed by atoms with van der Waals surface area (Å²) in [5.74, 6) is 2.16. The van der Waals surface area contributed by atoms with E-state index < -0.39 is 0 Å². The first-order valence-corrected chi connectivity index (χ1v) is 8.05. The van der Waals surface area contributed by atoms with Gasteiger partial charge in [0.25, 0.3) is 0 Å². The molecule has 2 nitrogen and oxygen atoms in total. The first kappa shape index (κ1) is 13.9. The molecule has 18 heavy (non-hydrogen) atoms. The van der Waals surface area contributed by atoms with Crippen LogP contribution in [0.2, 0.25) is 0 Å². The summed E-state index contributed by atoms with van der Waals surface area (Å²) in [7, 11) is 0. The molecule has 1 amide bonds. The molecular formula is C16H29NO. The van der Waals surface area contributed by atoms with Crippen LogP contribution in [0.3, 0.4) is 0 Å². The minimum atomic E-state index is 0.273. The second kappa shape index (κ2) is 7.16. The summed E-state index contributed by atoms with van der Waals surface area (Å²) < 4.78 is 0. The maximum atomic E-state index is 11.7. The van der Waals surface area contributed by atoms with E-state index in [2.05, 4.69) is 12.2 Å². The molecule has 0 aromatic heterocycles. The molecule has 2 rings (SSSR count). The average molecular weight is 251 g/mol. The van der Waals surface area contributed by atoms with Gasteiger partial charge < -0.3 is 5.32 Å². The Kier molecular flexibility index (Phi) is 5.52. The molecule has 0 spiro atoms. The van der Waals surface area contributed by atoms with E-state index in [0.717, 1.165) is 24.7 Å². The number of rotatable bonds is 0. The van der Waals surface area contributed by atoms with Gasteiger partial charge in [-0.25, -0.2) is 0 Å². The number of fused-ring (bicyclic) bond motifs is 1. The summed E-state index contributed by atoms with van der Waals surface area (Å²) in [6.07, 6.45) is 14.0. The van der Waals surface area contributed by atoms with Crippen LogP contribution < -0.4 is 5.32 Å². The van der Waals surface area contributed by atoms with Crippen molar-refractivity contribution in [1.82, 2.24) is 5.32 Å². The molecule has 1 saturated heterocycles. The molecule has 0 radical (unpaired) electrons. The molecule has 1 saturated carbocycles. The molecule has 2 aliphatic rings. The third-order valence-corrected chi connectivity index (χ3v) is 4.61. The SMILES string of the molecule is CC1CC2CC2CCCCCCCCCC(=O)N1. The summed E-state index contributed by atoms with van der Waals surface area (Å²) in [5.41, 5.74) is 0. The maximum absolute atomic E-state index is 11.7. The Morgan fingerprint density at radius 3 is 2.33 bits per heavy atom. The molecule has 1 aliphatic carbocycles. The van der Waals surface area contributed by atoms with Crippen LogP contribution in [0.1, 0.15) is 77.6 Å². The van der Waals surface area contributed by atoms with Crippen LogP contribution in [0.15, 0.2) is 0 Å². The van der Waals surface area contributed by atoms with Gasteiger partial charge in [0.15, 0.2) is 0 Å². The molecule has 2 heteroatoms. The molecular weight excluding hydrogens is 222 g/mol. The summed E-state index contributed by atoms with van der Waals surface area (Å²) in [6, 6.07) is 0.387. The largest absolute Gasteiger partial charge is 0.354 e. The van der Waals surface area contributed by atoms with Crippen LogP contribution in [-0.4, -0.2) is 11.9 Å². The molecule has 104 valence electrons. The zero-order valence-corrected chi connectivity index (χ0v) is 11.9. The number of carbonyl (C=O) groups is 1. The predicted octanol–water partition coefficient (Wildman–Crippen LogP) is 4.04. The van der Waals surface area contributed by atoms with Crippen molar-refractivity contribution in [3.8, 4) is 0 Å². The molecule has 0 aromatic rings. The summed E-state index contributed by atoms with van der Waals surface area (Å²) >= 11 is 0. The van der Waals surface area contributed by atoms with Gasteiger partial charge in [-0.3, -0.25) is 4.79 Å². The van der Waals surface area contributed by atoms with Gasteiger partial charge in [-0.15, -0.1) is 0 Å². The zero-order chi connectivity index (χ0) is 12.8. The van der Waals surface area contributed by atoms with E-state index in [4.69, 9.17) is 0 Å².